The van der Waals surface area contributed by atoms with Crippen molar-refractivity contribution in [2.75, 3.05) is 6.54 Å². The molecule has 0 saturated heterocycles. The minimum absolute atomic E-state index is 0.103. The van der Waals surface area contributed by atoms with Crippen LogP contribution in [0.15, 0.2) is 36.7 Å². The first kappa shape index (κ1) is 16.1. The van der Waals surface area contributed by atoms with Gasteiger partial charge in [0.05, 0.1) is 6.20 Å². The first-order valence-electron chi connectivity index (χ1n) is 7.31. The summed E-state index contributed by atoms with van der Waals surface area (Å²) in [4.78, 5) is 0. The molecule has 0 spiro atoms. The van der Waals surface area contributed by atoms with Crippen molar-refractivity contribution in [3.63, 3.8) is 0 Å². The number of nitrogens with one attached hydrogen (secondary N) is 1. The van der Waals surface area contributed by atoms with E-state index in [-0.39, 0.29) is 5.54 Å². The number of nitrogens with zero attached hydrogens (tertiary/aromatic N) is 2. The van der Waals surface area contributed by atoms with Gasteiger partial charge in [-0.3, -0.25) is 4.68 Å². The molecule has 3 nitrogen and oxygen atoms in total. The maximum absolute atomic E-state index is 6.15. The summed E-state index contributed by atoms with van der Waals surface area (Å²) in [6.45, 7) is 7.48. The lowest BCUT2D eigenvalue weighted by Crippen LogP contribution is -2.39. The Morgan fingerprint density at radius 2 is 2.10 bits per heavy atom. The molecule has 4 heteroatoms. The van der Waals surface area contributed by atoms with E-state index in [9.17, 15) is 0 Å². The molecule has 1 heterocycles. The zero-order chi connectivity index (χ0) is 15.5. The summed E-state index contributed by atoms with van der Waals surface area (Å²) in [5, 5.41) is 8.65. The predicted molar refractivity (Wildman–Crippen MR) is 88.9 cm³/mol. The topological polar surface area (TPSA) is 29.9 Å². The van der Waals surface area contributed by atoms with Gasteiger partial charge in [0.25, 0.3) is 0 Å². The normalized spacial score (nSPS) is 13.4. The van der Waals surface area contributed by atoms with Gasteiger partial charge in [0, 0.05) is 36.3 Å². The highest BCUT2D eigenvalue weighted by molar-refractivity contribution is 6.30. The summed E-state index contributed by atoms with van der Waals surface area (Å²) < 4.78 is 1.85. The minimum Gasteiger partial charge on any atom is -0.311 e. The van der Waals surface area contributed by atoms with Crippen molar-refractivity contribution in [2.24, 2.45) is 7.05 Å². The van der Waals surface area contributed by atoms with Crippen LogP contribution in [-0.2, 0) is 13.5 Å². The Kier molecular flexibility index (Phi) is 5.07. The van der Waals surface area contributed by atoms with Gasteiger partial charge in [-0.05, 0) is 50.5 Å². The van der Waals surface area contributed by atoms with Crippen LogP contribution in [0.1, 0.15) is 37.8 Å². The smallest absolute Gasteiger partial charge is 0.0521 e. The average molecular weight is 306 g/mol. The number of hydrogen-bond acceptors (Lipinski definition) is 2. The SMILES string of the molecule is Cn1cc(CC(CNC(C)(C)C)c2cccc(Cl)c2)cn1. The minimum atomic E-state index is 0.103. The number of halogens is 1. The van der Waals surface area contributed by atoms with E-state index in [4.69, 9.17) is 11.6 Å². The van der Waals surface area contributed by atoms with Gasteiger partial charge < -0.3 is 5.32 Å². The van der Waals surface area contributed by atoms with Gasteiger partial charge in [0.15, 0.2) is 0 Å². The van der Waals surface area contributed by atoms with E-state index in [2.05, 4.69) is 49.5 Å². The van der Waals surface area contributed by atoms with Crippen molar-refractivity contribution >= 4 is 11.6 Å². The first-order chi connectivity index (χ1) is 9.83. The van der Waals surface area contributed by atoms with Crippen LogP contribution in [0.5, 0.6) is 0 Å². The fourth-order valence-electron chi connectivity index (χ4n) is 2.36. The Morgan fingerprint density at radius 1 is 1.33 bits per heavy atom. The molecule has 2 rings (SSSR count). The van der Waals surface area contributed by atoms with E-state index < -0.39 is 0 Å². The molecule has 0 amide bonds. The lowest BCUT2D eigenvalue weighted by atomic mass is 9.92. The molecular formula is C17H24ClN3. The molecule has 0 radical (unpaired) electrons. The Bertz CT molecular complexity index is 584. The van der Waals surface area contributed by atoms with Crippen molar-refractivity contribution in [1.82, 2.24) is 15.1 Å². The molecule has 114 valence electrons. The maximum Gasteiger partial charge on any atom is 0.0521 e. The quantitative estimate of drug-likeness (QED) is 0.911. The van der Waals surface area contributed by atoms with Crippen molar-refractivity contribution in [2.45, 2.75) is 38.6 Å². The number of aryl methyl sites for hydroxylation is 1. The van der Waals surface area contributed by atoms with Gasteiger partial charge in [0.2, 0.25) is 0 Å². The molecule has 0 bridgehead atoms. The Morgan fingerprint density at radius 3 is 2.67 bits per heavy atom. The molecule has 1 aromatic carbocycles. The van der Waals surface area contributed by atoms with Crippen molar-refractivity contribution in [3.8, 4) is 0 Å². The van der Waals surface area contributed by atoms with Gasteiger partial charge in [-0.1, -0.05) is 23.7 Å². The summed E-state index contributed by atoms with van der Waals surface area (Å²) in [6.07, 6.45) is 4.97. The van der Waals surface area contributed by atoms with Gasteiger partial charge >= 0.3 is 0 Å². The lowest BCUT2D eigenvalue weighted by molar-refractivity contribution is 0.405. The third-order valence-electron chi connectivity index (χ3n) is 3.44. The monoisotopic (exact) mass is 305 g/mol. The molecule has 21 heavy (non-hydrogen) atoms. The number of rotatable bonds is 5. The van der Waals surface area contributed by atoms with E-state index in [1.165, 1.54) is 11.1 Å². The number of aromatic nitrogens is 2. The molecule has 0 aliphatic heterocycles. The maximum atomic E-state index is 6.15. The fourth-order valence-corrected chi connectivity index (χ4v) is 2.56. The van der Waals surface area contributed by atoms with E-state index in [1.807, 2.05) is 30.1 Å². The van der Waals surface area contributed by atoms with E-state index >= 15 is 0 Å². The number of hydrogen-bond donors (Lipinski definition) is 1. The highest BCUT2D eigenvalue weighted by atomic mass is 35.5. The second-order valence-electron chi connectivity index (χ2n) is 6.61. The molecule has 0 aliphatic rings. The van der Waals surface area contributed by atoms with Crippen LogP contribution in [0.2, 0.25) is 5.02 Å². The Labute approximate surface area is 132 Å². The van der Waals surface area contributed by atoms with E-state index in [0.29, 0.717) is 5.92 Å². The summed E-state index contributed by atoms with van der Waals surface area (Å²) in [5.41, 5.74) is 2.62. The molecule has 0 aliphatic carbocycles. The second kappa shape index (κ2) is 6.63. The highest BCUT2D eigenvalue weighted by Crippen LogP contribution is 2.23. The van der Waals surface area contributed by atoms with Gasteiger partial charge in [0.1, 0.15) is 0 Å². The Balaban J connectivity index is 2.17. The first-order valence-corrected chi connectivity index (χ1v) is 7.69. The second-order valence-corrected chi connectivity index (χ2v) is 7.05. The van der Waals surface area contributed by atoms with Crippen molar-refractivity contribution in [1.29, 1.82) is 0 Å². The van der Waals surface area contributed by atoms with Crippen LogP contribution >= 0.6 is 11.6 Å². The lowest BCUT2D eigenvalue weighted by Gasteiger charge is -2.25. The molecule has 1 atom stereocenters. The number of benzene rings is 1. The Hall–Kier alpha value is -1.32. The van der Waals surface area contributed by atoms with Crippen LogP contribution in [0.25, 0.3) is 0 Å². The standard InChI is InChI=1S/C17H24ClN3/c1-17(2,3)19-11-15(8-13-10-20-21(4)12-13)14-6-5-7-16(18)9-14/h5-7,9-10,12,15,19H,8,11H2,1-4H3. The third-order valence-corrected chi connectivity index (χ3v) is 3.67. The predicted octanol–water partition coefficient (Wildman–Crippen LogP) is 3.79. The van der Waals surface area contributed by atoms with Crippen LogP contribution < -0.4 is 5.32 Å². The van der Waals surface area contributed by atoms with Crippen molar-refractivity contribution < 1.29 is 0 Å². The molecule has 1 unspecified atom stereocenters. The van der Waals surface area contributed by atoms with E-state index in [1.54, 1.807) is 0 Å². The molecule has 0 saturated carbocycles. The summed E-state index contributed by atoms with van der Waals surface area (Å²) >= 11 is 6.15. The highest BCUT2D eigenvalue weighted by Gasteiger charge is 2.17. The molecular weight excluding hydrogens is 282 g/mol. The van der Waals surface area contributed by atoms with Gasteiger partial charge in [-0.2, -0.15) is 5.10 Å². The summed E-state index contributed by atoms with van der Waals surface area (Å²) in [5.74, 6) is 0.382. The molecule has 1 aromatic heterocycles. The largest absolute Gasteiger partial charge is 0.311 e. The summed E-state index contributed by atoms with van der Waals surface area (Å²) in [6, 6.07) is 8.15. The summed E-state index contributed by atoms with van der Waals surface area (Å²) in [7, 11) is 1.95. The van der Waals surface area contributed by atoms with Crippen LogP contribution in [0.4, 0.5) is 0 Å². The molecule has 1 N–H and O–H groups in total. The third kappa shape index (κ3) is 5.18. The zero-order valence-corrected chi connectivity index (χ0v) is 14.0. The van der Waals surface area contributed by atoms with Gasteiger partial charge in [-0.15, -0.1) is 0 Å². The van der Waals surface area contributed by atoms with Crippen molar-refractivity contribution in [3.05, 3.63) is 52.8 Å². The molecule has 0 fully saturated rings. The van der Waals surface area contributed by atoms with Crippen LogP contribution in [-0.4, -0.2) is 21.9 Å². The van der Waals surface area contributed by atoms with Gasteiger partial charge in [-0.25, -0.2) is 0 Å². The average Bonchev–Trinajstić information content (AvgIpc) is 2.79. The van der Waals surface area contributed by atoms with Crippen LogP contribution in [0.3, 0.4) is 0 Å². The fraction of sp³-hybridized carbons (Fsp3) is 0.471. The zero-order valence-electron chi connectivity index (χ0n) is 13.2. The molecule has 2 aromatic rings. The van der Waals surface area contributed by atoms with Crippen LogP contribution in [0, 0.1) is 0 Å². The van der Waals surface area contributed by atoms with E-state index in [0.717, 1.165) is 18.0 Å².